The lowest BCUT2D eigenvalue weighted by atomic mass is 9.81. The normalized spacial score (nSPS) is 23.7. The standard InChI is InChI=1S/C19H26N2O6/c1-25-14-8-16(27-3)15(26-2)7-12(14)9-20-18(24)21-10-13-5-4-6-19(13,11-21)17(22)23/h7-8,13H,4-6,9-11H2,1-3H3,(H,20,24)(H,22,23)/t13-,19+/m0/s1. The van der Waals surface area contributed by atoms with Gasteiger partial charge in [0.25, 0.3) is 0 Å². The molecule has 2 fully saturated rings. The van der Waals surface area contributed by atoms with E-state index in [0.29, 0.717) is 30.2 Å². The van der Waals surface area contributed by atoms with Crippen LogP contribution in [0.2, 0.25) is 0 Å². The lowest BCUT2D eigenvalue weighted by molar-refractivity contribution is -0.149. The number of hydrogen-bond donors (Lipinski definition) is 2. The van der Waals surface area contributed by atoms with Crippen LogP contribution >= 0.6 is 0 Å². The summed E-state index contributed by atoms with van der Waals surface area (Å²) in [7, 11) is 4.63. The topological polar surface area (TPSA) is 97.3 Å². The maximum atomic E-state index is 12.6. The van der Waals surface area contributed by atoms with Crippen molar-refractivity contribution in [1.29, 1.82) is 0 Å². The molecule has 1 saturated carbocycles. The Morgan fingerprint density at radius 3 is 2.44 bits per heavy atom. The monoisotopic (exact) mass is 378 g/mol. The number of methoxy groups -OCH3 is 3. The number of urea groups is 1. The maximum Gasteiger partial charge on any atom is 0.317 e. The van der Waals surface area contributed by atoms with Crippen molar-refractivity contribution in [1.82, 2.24) is 10.2 Å². The van der Waals surface area contributed by atoms with Crippen molar-refractivity contribution in [3.63, 3.8) is 0 Å². The van der Waals surface area contributed by atoms with Crippen LogP contribution in [0.5, 0.6) is 17.2 Å². The third-order valence-electron chi connectivity index (χ3n) is 5.80. The molecule has 0 bridgehead atoms. The molecule has 3 rings (SSSR count). The van der Waals surface area contributed by atoms with Crippen LogP contribution in [0.15, 0.2) is 12.1 Å². The first-order valence-electron chi connectivity index (χ1n) is 9.00. The first-order chi connectivity index (χ1) is 12.9. The van der Waals surface area contributed by atoms with E-state index in [1.807, 2.05) is 0 Å². The van der Waals surface area contributed by atoms with Gasteiger partial charge < -0.3 is 29.5 Å². The predicted molar refractivity (Wildman–Crippen MR) is 97.3 cm³/mol. The fourth-order valence-corrected chi connectivity index (χ4v) is 4.31. The molecule has 0 spiro atoms. The van der Waals surface area contributed by atoms with E-state index in [1.54, 1.807) is 38.4 Å². The maximum absolute atomic E-state index is 12.6. The summed E-state index contributed by atoms with van der Waals surface area (Å²) in [5, 5.41) is 12.5. The number of ether oxygens (including phenoxy) is 3. The Balaban J connectivity index is 1.69. The van der Waals surface area contributed by atoms with Crippen LogP contribution in [0.25, 0.3) is 0 Å². The zero-order valence-corrected chi connectivity index (χ0v) is 15.9. The van der Waals surface area contributed by atoms with E-state index in [-0.39, 0.29) is 25.0 Å². The summed E-state index contributed by atoms with van der Waals surface area (Å²) in [6.07, 6.45) is 2.41. The molecule has 2 amide bonds. The van der Waals surface area contributed by atoms with E-state index in [1.165, 1.54) is 0 Å². The number of carboxylic acids is 1. The molecular weight excluding hydrogens is 352 g/mol. The lowest BCUT2D eigenvalue weighted by Gasteiger charge is -2.23. The number of amides is 2. The number of likely N-dealkylation sites (tertiary alicyclic amines) is 1. The average Bonchev–Trinajstić information content (AvgIpc) is 3.24. The summed E-state index contributed by atoms with van der Waals surface area (Å²) in [5.41, 5.74) is -0.0333. The van der Waals surface area contributed by atoms with E-state index >= 15 is 0 Å². The number of carbonyl (C=O) groups excluding carboxylic acids is 1. The molecule has 1 saturated heterocycles. The van der Waals surface area contributed by atoms with Gasteiger partial charge in [0.1, 0.15) is 5.75 Å². The zero-order chi connectivity index (χ0) is 19.6. The highest BCUT2D eigenvalue weighted by molar-refractivity contribution is 5.80. The summed E-state index contributed by atoms with van der Waals surface area (Å²) in [6.45, 7) is 0.993. The Morgan fingerprint density at radius 1 is 1.19 bits per heavy atom. The molecule has 1 heterocycles. The smallest absolute Gasteiger partial charge is 0.317 e. The molecule has 8 heteroatoms. The zero-order valence-electron chi connectivity index (χ0n) is 15.9. The lowest BCUT2D eigenvalue weighted by Crippen LogP contribution is -2.41. The predicted octanol–water partition coefficient (Wildman–Crippen LogP) is 2.11. The molecule has 0 unspecified atom stereocenters. The minimum Gasteiger partial charge on any atom is -0.496 e. The molecule has 148 valence electrons. The highest BCUT2D eigenvalue weighted by atomic mass is 16.5. The number of hydrogen-bond acceptors (Lipinski definition) is 5. The molecule has 2 N–H and O–H groups in total. The van der Waals surface area contributed by atoms with Crippen LogP contribution in [-0.2, 0) is 11.3 Å². The highest BCUT2D eigenvalue weighted by Gasteiger charge is 2.55. The highest BCUT2D eigenvalue weighted by Crippen LogP contribution is 2.48. The number of benzene rings is 1. The third kappa shape index (κ3) is 3.36. The van der Waals surface area contributed by atoms with Gasteiger partial charge in [-0.1, -0.05) is 6.42 Å². The molecular formula is C19H26N2O6. The SMILES string of the molecule is COc1cc(OC)c(OC)cc1CNC(=O)N1C[C@@H]2CCC[C@@]2(C(=O)O)C1. The fourth-order valence-electron chi connectivity index (χ4n) is 4.31. The summed E-state index contributed by atoms with van der Waals surface area (Å²) >= 11 is 0. The van der Waals surface area contributed by atoms with Gasteiger partial charge in [-0.15, -0.1) is 0 Å². The molecule has 1 aliphatic heterocycles. The molecule has 2 atom stereocenters. The molecule has 8 nitrogen and oxygen atoms in total. The second kappa shape index (κ2) is 7.54. The molecule has 27 heavy (non-hydrogen) atoms. The van der Waals surface area contributed by atoms with Gasteiger partial charge in [0.2, 0.25) is 0 Å². The average molecular weight is 378 g/mol. The van der Waals surface area contributed by atoms with E-state index < -0.39 is 11.4 Å². The van der Waals surface area contributed by atoms with Crippen molar-refractivity contribution in [2.75, 3.05) is 34.4 Å². The number of carbonyl (C=O) groups is 2. The largest absolute Gasteiger partial charge is 0.496 e. The number of aliphatic carboxylic acids is 1. The quantitative estimate of drug-likeness (QED) is 0.787. The van der Waals surface area contributed by atoms with E-state index in [0.717, 1.165) is 18.4 Å². The Bertz CT molecular complexity index is 737. The van der Waals surface area contributed by atoms with Crippen molar-refractivity contribution in [2.24, 2.45) is 11.3 Å². The first-order valence-corrected chi connectivity index (χ1v) is 9.00. The number of fused-ring (bicyclic) bond motifs is 1. The van der Waals surface area contributed by atoms with Gasteiger partial charge in [-0.2, -0.15) is 0 Å². The van der Waals surface area contributed by atoms with Gasteiger partial charge in [0.15, 0.2) is 11.5 Å². The minimum absolute atomic E-state index is 0.0383. The number of carboxylic acid groups (broad SMARTS) is 1. The summed E-state index contributed by atoms with van der Waals surface area (Å²) in [4.78, 5) is 26.0. The second-order valence-corrected chi connectivity index (χ2v) is 7.11. The van der Waals surface area contributed by atoms with Gasteiger partial charge in [0.05, 0.1) is 26.7 Å². The van der Waals surface area contributed by atoms with Gasteiger partial charge in [-0.3, -0.25) is 4.79 Å². The van der Waals surface area contributed by atoms with Crippen LogP contribution in [-0.4, -0.2) is 56.4 Å². The Kier molecular flexibility index (Phi) is 5.34. The van der Waals surface area contributed by atoms with Crippen LogP contribution in [0, 0.1) is 11.3 Å². The van der Waals surface area contributed by atoms with Crippen LogP contribution in [0.1, 0.15) is 24.8 Å². The summed E-state index contributed by atoms with van der Waals surface area (Å²) in [5.74, 6) is 0.912. The molecule has 0 aromatic heterocycles. The minimum atomic E-state index is -0.790. The van der Waals surface area contributed by atoms with Crippen LogP contribution < -0.4 is 19.5 Å². The second-order valence-electron chi connectivity index (χ2n) is 7.11. The molecule has 1 aliphatic carbocycles. The van der Waals surface area contributed by atoms with E-state index in [2.05, 4.69) is 5.32 Å². The van der Waals surface area contributed by atoms with E-state index in [9.17, 15) is 14.7 Å². The Hall–Kier alpha value is -2.64. The van der Waals surface area contributed by atoms with Crippen molar-refractivity contribution < 1.29 is 28.9 Å². The van der Waals surface area contributed by atoms with Gasteiger partial charge in [-0.05, 0) is 24.8 Å². The molecule has 2 aliphatic rings. The van der Waals surface area contributed by atoms with Gasteiger partial charge in [-0.25, -0.2) is 4.79 Å². The number of nitrogens with one attached hydrogen (secondary N) is 1. The molecule has 0 radical (unpaired) electrons. The Morgan fingerprint density at radius 2 is 1.85 bits per heavy atom. The summed E-state index contributed by atoms with van der Waals surface area (Å²) < 4.78 is 15.9. The molecule has 1 aromatic rings. The van der Waals surface area contributed by atoms with Crippen molar-refractivity contribution in [3.05, 3.63) is 17.7 Å². The van der Waals surface area contributed by atoms with Crippen molar-refractivity contribution >= 4 is 12.0 Å². The number of nitrogens with zero attached hydrogens (tertiary/aromatic N) is 1. The fraction of sp³-hybridized carbons (Fsp3) is 0.579. The van der Waals surface area contributed by atoms with Gasteiger partial charge >= 0.3 is 12.0 Å². The first kappa shape index (κ1) is 19.1. The van der Waals surface area contributed by atoms with Crippen molar-refractivity contribution in [3.8, 4) is 17.2 Å². The number of rotatable bonds is 6. The molecule has 1 aromatic carbocycles. The van der Waals surface area contributed by atoms with Gasteiger partial charge in [0, 0.05) is 31.3 Å². The summed E-state index contributed by atoms with van der Waals surface area (Å²) in [6, 6.07) is 3.21. The van der Waals surface area contributed by atoms with Crippen LogP contribution in [0.4, 0.5) is 4.79 Å². The third-order valence-corrected chi connectivity index (χ3v) is 5.80. The van der Waals surface area contributed by atoms with E-state index in [4.69, 9.17) is 14.2 Å². The van der Waals surface area contributed by atoms with Crippen molar-refractivity contribution in [2.45, 2.75) is 25.8 Å². The van der Waals surface area contributed by atoms with Crippen LogP contribution in [0.3, 0.4) is 0 Å². The Labute approximate surface area is 158 Å².